The van der Waals surface area contributed by atoms with E-state index in [0.29, 0.717) is 10.8 Å². The van der Waals surface area contributed by atoms with Crippen LogP contribution in [0.5, 0.6) is 0 Å². The number of hydrogen-bond donors (Lipinski definition) is 0. The Bertz CT molecular complexity index is 169. The molecule has 0 aliphatic heterocycles. The minimum atomic E-state index is 0.558. The van der Waals surface area contributed by atoms with Crippen LogP contribution in [0.3, 0.4) is 0 Å². The molecule has 0 aromatic carbocycles. The van der Waals surface area contributed by atoms with Crippen molar-refractivity contribution in [2.45, 2.75) is 66.7 Å². The molecule has 0 radical (unpaired) electrons. The van der Waals surface area contributed by atoms with E-state index in [1.807, 2.05) is 0 Å². The van der Waals surface area contributed by atoms with E-state index in [1.165, 1.54) is 32.1 Å². The highest BCUT2D eigenvalue weighted by molar-refractivity contribution is 4.98. The fourth-order valence-corrected chi connectivity index (χ4v) is 2.83. The van der Waals surface area contributed by atoms with E-state index in [2.05, 4.69) is 34.6 Å². The molecule has 0 bridgehead atoms. The normalized spacial score (nSPS) is 38.1. The Morgan fingerprint density at radius 2 is 1.85 bits per heavy atom. The first kappa shape index (κ1) is 11.1. The number of unbranched alkanes of at least 4 members (excludes halogenated alkanes) is 1. The fraction of sp³-hybridized carbons (Fsp3) is 1.00. The Kier molecular flexibility index (Phi) is 3.09. The van der Waals surface area contributed by atoms with Crippen LogP contribution in [-0.4, -0.2) is 0 Å². The Morgan fingerprint density at radius 1 is 1.23 bits per heavy atom. The molecule has 1 fully saturated rings. The molecule has 2 atom stereocenters. The molecule has 0 heterocycles. The van der Waals surface area contributed by atoms with Gasteiger partial charge in [0.2, 0.25) is 0 Å². The standard InChI is InChI=1S/C13H26/c1-6-7-9-13(5)10-8-11(2)12(13,3)4/h11H,6-10H2,1-5H3. The minimum Gasteiger partial charge on any atom is -0.0654 e. The third-order valence-corrected chi connectivity index (χ3v) is 5.00. The zero-order chi connectivity index (χ0) is 10.1. The van der Waals surface area contributed by atoms with Crippen LogP contribution in [-0.2, 0) is 0 Å². The van der Waals surface area contributed by atoms with Gasteiger partial charge in [-0.1, -0.05) is 47.5 Å². The van der Waals surface area contributed by atoms with E-state index in [0.717, 1.165) is 5.92 Å². The maximum atomic E-state index is 2.51. The van der Waals surface area contributed by atoms with Crippen LogP contribution in [0.15, 0.2) is 0 Å². The van der Waals surface area contributed by atoms with Crippen molar-refractivity contribution in [3.05, 3.63) is 0 Å². The molecule has 13 heavy (non-hydrogen) atoms. The largest absolute Gasteiger partial charge is 0.0654 e. The third-order valence-electron chi connectivity index (χ3n) is 5.00. The summed E-state index contributed by atoms with van der Waals surface area (Å²) < 4.78 is 0. The summed E-state index contributed by atoms with van der Waals surface area (Å²) in [5, 5.41) is 0. The predicted molar refractivity (Wildman–Crippen MR) is 59.8 cm³/mol. The van der Waals surface area contributed by atoms with Crippen LogP contribution in [0.25, 0.3) is 0 Å². The molecule has 0 amide bonds. The summed E-state index contributed by atoms with van der Waals surface area (Å²) in [6.07, 6.45) is 7.07. The fourth-order valence-electron chi connectivity index (χ4n) is 2.83. The lowest BCUT2D eigenvalue weighted by Gasteiger charge is -2.41. The summed E-state index contributed by atoms with van der Waals surface area (Å²) in [7, 11) is 0. The molecule has 0 heteroatoms. The van der Waals surface area contributed by atoms with Gasteiger partial charge in [-0.05, 0) is 36.0 Å². The minimum absolute atomic E-state index is 0.558. The van der Waals surface area contributed by atoms with Crippen molar-refractivity contribution in [1.82, 2.24) is 0 Å². The summed E-state index contributed by atoms with van der Waals surface area (Å²) in [6.45, 7) is 12.2. The Morgan fingerprint density at radius 3 is 2.23 bits per heavy atom. The highest BCUT2D eigenvalue weighted by Gasteiger charge is 2.48. The Labute approximate surface area is 84.1 Å². The summed E-state index contributed by atoms with van der Waals surface area (Å²) in [5.41, 5.74) is 1.17. The molecular formula is C13H26. The van der Waals surface area contributed by atoms with Gasteiger partial charge in [-0.3, -0.25) is 0 Å². The predicted octanol–water partition coefficient (Wildman–Crippen LogP) is 4.64. The third kappa shape index (κ3) is 1.78. The van der Waals surface area contributed by atoms with Gasteiger partial charge in [-0.2, -0.15) is 0 Å². The SMILES string of the molecule is CCCCC1(C)CCC(C)C1(C)C. The van der Waals surface area contributed by atoms with Crippen molar-refractivity contribution < 1.29 is 0 Å². The van der Waals surface area contributed by atoms with Crippen molar-refractivity contribution in [3.8, 4) is 0 Å². The molecule has 1 aliphatic rings. The van der Waals surface area contributed by atoms with Gasteiger partial charge in [0.1, 0.15) is 0 Å². The first-order valence-electron chi connectivity index (χ1n) is 5.94. The van der Waals surface area contributed by atoms with Crippen LogP contribution < -0.4 is 0 Å². The van der Waals surface area contributed by atoms with Gasteiger partial charge in [-0.15, -0.1) is 0 Å². The lowest BCUT2D eigenvalue weighted by atomic mass is 9.64. The van der Waals surface area contributed by atoms with E-state index in [4.69, 9.17) is 0 Å². The van der Waals surface area contributed by atoms with E-state index >= 15 is 0 Å². The van der Waals surface area contributed by atoms with Crippen LogP contribution in [0, 0.1) is 16.7 Å². The second-order valence-corrected chi connectivity index (χ2v) is 5.83. The highest BCUT2D eigenvalue weighted by Crippen LogP contribution is 2.57. The monoisotopic (exact) mass is 182 g/mol. The number of hydrogen-bond acceptors (Lipinski definition) is 0. The van der Waals surface area contributed by atoms with E-state index < -0.39 is 0 Å². The molecule has 1 rings (SSSR count). The average molecular weight is 182 g/mol. The van der Waals surface area contributed by atoms with Gasteiger partial charge in [0.05, 0.1) is 0 Å². The molecule has 0 saturated heterocycles. The molecule has 78 valence electrons. The van der Waals surface area contributed by atoms with E-state index in [9.17, 15) is 0 Å². The highest BCUT2D eigenvalue weighted by atomic mass is 14.5. The van der Waals surface area contributed by atoms with Crippen LogP contribution in [0.1, 0.15) is 66.7 Å². The van der Waals surface area contributed by atoms with Gasteiger partial charge >= 0.3 is 0 Å². The van der Waals surface area contributed by atoms with Crippen molar-refractivity contribution in [2.24, 2.45) is 16.7 Å². The van der Waals surface area contributed by atoms with Crippen LogP contribution in [0.2, 0.25) is 0 Å². The summed E-state index contributed by atoms with van der Waals surface area (Å²) in [6, 6.07) is 0. The zero-order valence-electron chi connectivity index (χ0n) is 10.1. The van der Waals surface area contributed by atoms with Crippen LogP contribution >= 0.6 is 0 Å². The quantitative estimate of drug-likeness (QED) is 0.596. The van der Waals surface area contributed by atoms with Gasteiger partial charge in [-0.25, -0.2) is 0 Å². The van der Waals surface area contributed by atoms with Crippen molar-refractivity contribution in [1.29, 1.82) is 0 Å². The molecular weight excluding hydrogens is 156 g/mol. The molecule has 2 unspecified atom stereocenters. The molecule has 0 aromatic rings. The molecule has 1 saturated carbocycles. The summed E-state index contributed by atoms with van der Waals surface area (Å²) in [4.78, 5) is 0. The van der Waals surface area contributed by atoms with Gasteiger partial charge in [0.15, 0.2) is 0 Å². The lowest BCUT2D eigenvalue weighted by Crippen LogP contribution is -2.33. The van der Waals surface area contributed by atoms with Crippen molar-refractivity contribution >= 4 is 0 Å². The molecule has 0 spiro atoms. The van der Waals surface area contributed by atoms with Crippen LogP contribution in [0.4, 0.5) is 0 Å². The summed E-state index contributed by atoms with van der Waals surface area (Å²) in [5.74, 6) is 0.911. The number of rotatable bonds is 3. The average Bonchev–Trinajstić information content (AvgIpc) is 2.27. The van der Waals surface area contributed by atoms with Gasteiger partial charge in [0, 0.05) is 0 Å². The molecule has 1 aliphatic carbocycles. The molecule has 0 nitrogen and oxygen atoms in total. The van der Waals surface area contributed by atoms with Crippen molar-refractivity contribution in [3.63, 3.8) is 0 Å². The second kappa shape index (κ2) is 3.63. The summed E-state index contributed by atoms with van der Waals surface area (Å²) >= 11 is 0. The van der Waals surface area contributed by atoms with E-state index in [-0.39, 0.29) is 0 Å². The molecule has 0 aromatic heterocycles. The topological polar surface area (TPSA) is 0 Å². The maximum absolute atomic E-state index is 2.51. The Hall–Kier alpha value is 0. The second-order valence-electron chi connectivity index (χ2n) is 5.83. The smallest absolute Gasteiger partial charge is 0.0272 e. The maximum Gasteiger partial charge on any atom is -0.0272 e. The Balaban J connectivity index is 2.67. The first-order valence-corrected chi connectivity index (χ1v) is 5.94. The van der Waals surface area contributed by atoms with Gasteiger partial charge in [0.25, 0.3) is 0 Å². The first-order chi connectivity index (χ1) is 5.94. The molecule has 0 N–H and O–H groups in total. The lowest BCUT2D eigenvalue weighted by molar-refractivity contribution is 0.0833. The van der Waals surface area contributed by atoms with E-state index in [1.54, 1.807) is 0 Å². The zero-order valence-corrected chi connectivity index (χ0v) is 10.1. The van der Waals surface area contributed by atoms with Gasteiger partial charge < -0.3 is 0 Å². The van der Waals surface area contributed by atoms with Crippen molar-refractivity contribution in [2.75, 3.05) is 0 Å².